The molecule has 2 saturated carbocycles. The average molecular weight is 296 g/mol. The number of fused-ring (bicyclic) bond motifs is 2. The molecule has 1 nitrogen and oxygen atoms in total. The van der Waals surface area contributed by atoms with Gasteiger partial charge in [-0.25, -0.2) is 0 Å². The van der Waals surface area contributed by atoms with Crippen molar-refractivity contribution >= 4 is 0 Å². The molecule has 0 spiro atoms. The van der Waals surface area contributed by atoms with Crippen LogP contribution in [-0.4, -0.2) is 12.7 Å². The van der Waals surface area contributed by atoms with Crippen molar-refractivity contribution in [2.45, 2.75) is 57.0 Å². The van der Waals surface area contributed by atoms with E-state index in [-0.39, 0.29) is 0 Å². The first kappa shape index (κ1) is 14.5. The average Bonchev–Trinajstić information content (AvgIpc) is 3.19. The zero-order valence-corrected chi connectivity index (χ0v) is 13.5. The van der Waals surface area contributed by atoms with E-state index in [0.29, 0.717) is 6.10 Å². The number of hydrogen-bond acceptors (Lipinski definition) is 1. The van der Waals surface area contributed by atoms with Gasteiger partial charge in [0, 0.05) is 6.61 Å². The fourth-order valence-corrected chi connectivity index (χ4v) is 4.90. The lowest BCUT2D eigenvalue weighted by Crippen LogP contribution is -2.22. The second-order valence-corrected chi connectivity index (χ2v) is 7.58. The normalized spacial score (nSPS) is 36.8. The van der Waals surface area contributed by atoms with Crippen molar-refractivity contribution in [1.29, 1.82) is 0 Å². The summed E-state index contributed by atoms with van der Waals surface area (Å²) in [6.07, 6.45) is 14.6. The van der Waals surface area contributed by atoms with Crippen LogP contribution >= 0.6 is 0 Å². The topological polar surface area (TPSA) is 9.23 Å². The predicted octanol–water partition coefficient (Wildman–Crippen LogP) is 5.33. The third-order valence-electron chi connectivity index (χ3n) is 6.20. The maximum atomic E-state index is 6.21. The molecule has 1 aromatic rings. The minimum absolute atomic E-state index is 0.522. The number of allylic oxidation sites excluding steroid dienone is 2. The smallest absolute Gasteiger partial charge is 0.0575 e. The second-order valence-electron chi connectivity index (χ2n) is 7.58. The van der Waals surface area contributed by atoms with Crippen molar-refractivity contribution in [3.05, 3.63) is 48.0 Å². The molecule has 3 atom stereocenters. The maximum Gasteiger partial charge on any atom is 0.0575 e. The Morgan fingerprint density at radius 2 is 1.73 bits per heavy atom. The minimum atomic E-state index is 0.522. The zero-order valence-electron chi connectivity index (χ0n) is 13.5. The molecule has 2 bridgehead atoms. The highest BCUT2D eigenvalue weighted by Gasteiger charge is 2.35. The first-order valence-electron chi connectivity index (χ1n) is 9.23. The summed E-state index contributed by atoms with van der Waals surface area (Å²) in [4.78, 5) is 0. The van der Waals surface area contributed by atoms with Gasteiger partial charge in [-0.1, -0.05) is 42.5 Å². The molecule has 0 N–H and O–H groups in total. The molecule has 3 aliphatic rings. The molecule has 0 aromatic heterocycles. The highest BCUT2D eigenvalue weighted by molar-refractivity contribution is 5.19. The molecular weight excluding hydrogens is 268 g/mol. The monoisotopic (exact) mass is 296 g/mol. The largest absolute Gasteiger partial charge is 0.378 e. The minimum Gasteiger partial charge on any atom is -0.378 e. The molecule has 0 heterocycles. The molecule has 1 aromatic carbocycles. The Kier molecular flexibility index (Phi) is 4.34. The first-order chi connectivity index (χ1) is 10.9. The lowest BCUT2D eigenvalue weighted by Gasteiger charge is -2.29. The fraction of sp³-hybridized carbons (Fsp3) is 0.619. The summed E-state index contributed by atoms with van der Waals surface area (Å²) in [5, 5.41) is 0. The SMILES string of the molecule is C1=CC2CC1CC2CCOC1CCC(c2ccccc2)CC1. The van der Waals surface area contributed by atoms with Gasteiger partial charge in [0.05, 0.1) is 6.10 Å². The molecule has 2 fully saturated rings. The van der Waals surface area contributed by atoms with Gasteiger partial charge in [0.25, 0.3) is 0 Å². The Morgan fingerprint density at radius 1 is 0.909 bits per heavy atom. The summed E-state index contributed by atoms with van der Waals surface area (Å²) in [6.45, 7) is 0.988. The summed E-state index contributed by atoms with van der Waals surface area (Å²) in [5.41, 5.74) is 1.52. The standard InChI is InChI=1S/C21H28O/c1-2-4-17(5-3-1)18-8-10-21(11-9-18)22-13-12-20-15-16-6-7-19(20)14-16/h1-7,16,18-21H,8-15H2. The fourth-order valence-electron chi connectivity index (χ4n) is 4.90. The molecule has 0 saturated heterocycles. The molecule has 3 unspecified atom stereocenters. The van der Waals surface area contributed by atoms with E-state index in [0.717, 1.165) is 30.3 Å². The van der Waals surface area contributed by atoms with Gasteiger partial charge in [-0.3, -0.25) is 0 Å². The molecule has 22 heavy (non-hydrogen) atoms. The predicted molar refractivity (Wildman–Crippen MR) is 90.9 cm³/mol. The van der Waals surface area contributed by atoms with E-state index in [4.69, 9.17) is 4.74 Å². The van der Waals surface area contributed by atoms with E-state index in [1.54, 1.807) is 0 Å². The molecule has 4 rings (SSSR count). The maximum absolute atomic E-state index is 6.21. The van der Waals surface area contributed by atoms with Crippen LogP contribution in [0.3, 0.4) is 0 Å². The molecule has 3 aliphatic carbocycles. The summed E-state index contributed by atoms with van der Waals surface area (Å²) in [6, 6.07) is 11.0. The van der Waals surface area contributed by atoms with E-state index in [9.17, 15) is 0 Å². The molecule has 0 aliphatic heterocycles. The number of benzene rings is 1. The molecule has 0 radical (unpaired) electrons. The van der Waals surface area contributed by atoms with Crippen molar-refractivity contribution in [3.63, 3.8) is 0 Å². The van der Waals surface area contributed by atoms with Gasteiger partial charge < -0.3 is 4.74 Å². The third kappa shape index (κ3) is 3.15. The Hall–Kier alpha value is -1.08. The summed E-state index contributed by atoms with van der Waals surface area (Å²) in [5.74, 6) is 3.45. The molecular formula is C21H28O. The highest BCUT2D eigenvalue weighted by atomic mass is 16.5. The van der Waals surface area contributed by atoms with Gasteiger partial charge in [-0.15, -0.1) is 0 Å². The quantitative estimate of drug-likeness (QED) is 0.667. The summed E-state index contributed by atoms with van der Waals surface area (Å²) >= 11 is 0. The van der Waals surface area contributed by atoms with Crippen molar-refractivity contribution in [2.75, 3.05) is 6.61 Å². The number of ether oxygens (including phenoxy) is 1. The first-order valence-corrected chi connectivity index (χ1v) is 9.23. The Morgan fingerprint density at radius 3 is 2.41 bits per heavy atom. The van der Waals surface area contributed by atoms with Gasteiger partial charge in [0.2, 0.25) is 0 Å². The summed E-state index contributed by atoms with van der Waals surface area (Å²) < 4.78 is 6.21. The molecule has 118 valence electrons. The van der Waals surface area contributed by atoms with Crippen molar-refractivity contribution in [2.24, 2.45) is 17.8 Å². The van der Waals surface area contributed by atoms with Crippen molar-refractivity contribution in [1.82, 2.24) is 0 Å². The number of hydrogen-bond donors (Lipinski definition) is 0. The van der Waals surface area contributed by atoms with Crippen LogP contribution in [0.15, 0.2) is 42.5 Å². The van der Waals surface area contributed by atoms with Crippen LogP contribution in [0.5, 0.6) is 0 Å². The summed E-state index contributed by atoms with van der Waals surface area (Å²) in [7, 11) is 0. The van der Waals surface area contributed by atoms with Crippen LogP contribution in [0.2, 0.25) is 0 Å². The van der Waals surface area contributed by atoms with E-state index < -0.39 is 0 Å². The van der Waals surface area contributed by atoms with Crippen molar-refractivity contribution in [3.8, 4) is 0 Å². The van der Waals surface area contributed by atoms with Crippen LogP contribution in [0, 0.1) is 17.8 Å². The van der Waals surface area contributed by atoms with Crippen LogP contribution in [0.25, 0.3) is 0 Å². The Bertz CT molecular complexity index is 498. The van der Waals surface area contributed by atoms with Crippen molar-refractivity contribution < 1.29 is 4.74 Å². The van der Waals surface area contributed by atoms with Gasteiger partial charge >= 0.3 is 0 Å². The van der Waals surface area contributed by atoms with E-state index in [1.165, 1.54) is 50.5 Å². The van der Waals surface area contributed by atoms with Crippen LogP contribution in [0.1, 0.15) is 56.4 Å². The van der Waals surface area contributed by atoms with E-state index >= 15 is 0 Å². The van der Waals surface area contributed by atoms with Gasteiger partial charge in [0.15, 0.2) is 0 Å². The number of rotatable bonds is 5. The highest BCUT2D eigenvalue weighted by Crippen LogP contribution is 2.45. The zero-order chi connectivity index (χ0) is 14.8. The van der Waals surface area contributed by atoms with Crippen LogP contribution < -0.4 is 0 Å². The lowest BCUT2D eigenvalue weighted by atomic mass is 9.83. The van der Waals surface area contributed by atoms with Gasteiger partial charge in [-0.05, 0) is 74.2 Å². The lowest BCUT2D eigenvalue weighted by molar-refractivity contribution is 0.0164. The molecule has 1 heteroatoms. The van der Waals surface area contributed by atoms with Gasteiger partial charge in [0.1, 0.15) is 0 Å². The second kappa shape index (κ2) is 6.58. The van der Waals surface area contributed by atoms with E-state index in [2.05, 4.69) is 42.5 Å². The van der Waals surface area contributed by atoms with Crippen LogP contribution in [0.4, 0.5) is 0 Å². The van der Waals surface area contributed by atoms with Gasteiger partial charge in [-0.2, -0.15) is 0 Å². The Labute approximate surface area is 134 Å². The third-order valence-corrected chi connectivity index (χ3v) is 6.20. The Balaban J connectivity index is 1.18. The van der Waals surface area contributed by atoms with Crippen LogP contribution in [-0.2, 0) is 4.74 Å². The molecule has 0 amide bonds. The van der Waals surface area contributed by atoms with E-state index in [1.807, 2.05) is 0 Å².